The Balaban J connectivity index is 1.54. The van der Waals surface area contributed by atoms with Crippen molar-refractivity contribution in [3.63, 3.8) is 0 Å². The maximum Gasteiger partial charge on any atom is 0.253 e. The van der Waals surface area contributed by atoms with Crippen LogP contribution in [0.25, 0.3) is 5.69 Å². The second-order valence-corrected chi connectivity index (χ2v) is 6.57. The van der Waals surface area contributed by atoms with E-state index in [0.717, 1.165) is 43.0 Å². The largest absolute Gasteiger partial charge is 0.337 e. The van der Waals surface area contributed by atoms with E-state index in [1.54, 1.807) is 0 Å². The summed E-state index contributed by atoms with van der Waals surface area (Å²) >= 11 is 0. The van der Waals surface area contributed by atoms with Gasteiger partial charge in [-0.2, -0.15) is 0 Å². The summed E-state index contributed by atoms with van der Waals surface area (Å²) in [5, 5.41) is 0. The maximum atomic E-state index is 13.0. The van der Waals surface area contributed by atoms with E-state index >= 15 is 0 Å². The van der Waals surface area contributed by atoms with Crippen LogP contribution in [0.5, 0.6) is 0 Å². The fourth-order valence-corrected chi connectivity index (χ4v) is 3.63. The minimum atomic E-state index is 0.108. The Morgan fingerprint density at radius 3 is 2.76 bits per heavy atom. The zero-order chi connectivity index (χ0) is 17.2. The van der Waals surface area contributed by atoms with Gasteiger partial charge in [-0.25, -0.2) is 4.98 Å². The Hall–Kier alpha value is -2.82. The molecule has 1 atom stereocenters. The summed E-state index contributed by atoms with van der Waals surface area (Å²) in [6, 6.07) is 12.1. The van der Waals surface area contributed by atoms with Gasteiger partial charge in [0.1, 0.15) is 5.82 Å². The average Bonchev–Trinajstić information content (AvgIpc) is 3.33. The Morgan fingerprint density at radius 1 is 1.16 bits per heavy atom. The molecular formula is C20H22N4O. The van der Waals surface area contributed by atoms with Crippen LogP contribution in [0.3, 0.4) is 0 Å². The molecule has 4 rings (SSSR count). The summed E-state index contributed by atoms with van der Waals surface area (Å²) in [4.78, 5) is 19.3. The van der Waals surface area contributed by atoms with Crippen LogP contribution in [0.2, 0.25) is 0 Å². The highest BCUT2D eigenvalue weighted by Gasteiger charge is 2.26. The summed E-state index contributed by atoms with van der Waals surface area (Å²) in [7, 11) is 0. The number of carbonyl (C=O) groups is 1. The Kier molecular flexibility index (Phi) is 4.14. The normalized spacial score (nSPS) is 17.6. The SMILES string of the molecule is Cc1nccn1[C@H]1CCCN(C(=O)c2cccc(-n3cccc3)c2)C1. The first-order chi connectivity index (χ1) is 12.2. The molecule has 0 unspecified atom stereocenters. The molecule has 5 heteroatoms. The first-order valence-corrected chi connectivity index (χ1v) is 8.74. The van der Waals surface area contributed by atoms with E-state index < -0.39 is 0 Å². The summed E-state index contributed by atoms with van der Waals surface area (Å²) in [5.74, 6) is 1.12. The summed E-state index contributed by atoms with van der Waals surface area (Å²) < 4.78 is 4.21. The van der Waals surface area contributed by atoms with Gasteiger partial charge in [0.05, 0.1) is 6.04 Å². The highest BCUT2D eigenvalue weighted by atomic mass is 16.2. The summed E-state index contributed by atoms with van der Waals surface area (Å²) in [5.41, 5.74) is 1.75. The molecule has 0 radical (unpaired) electrons. The predicted octanol–water partition coefficient (Wildman–Crippen LogP) is 3.46. The molecule has 1 aromatic carbocycles. The van der Waals surface area contributed by atoms with Crippen molar-refractivity contribution >= 4 is 5.91 Å². The van der Waals surface area contributed by atoms with Crippen LogP contribution in [0.15, 0.2) is 61.2 Å². The fraction of sp³-hybridized carbons (Fsp3) is 0.300. The number of aryl methyl sites for hydroxylation is 1. The second-order valence-electron chi connectivity index (χ2n) is 6.57. The van der Waals surface area contributed by atoms with Gasteiger partial charge in [-0.3, -0.25) is 4.79 Å². The van der Waals surface area contributed by atoms with Crippen LogP contribution in [-0.2, 0) is 0 Å². The van der Waals surface area contributed by atoms with E-state index in [1.807, 2.05) is 77.6 Å². The average molecular weight is 334 g/mol. The molecule has 0 aliphatic carbocycles. The lowest BCUT2D eigenvalue weighted by Gasteiger charge is -2.34. The van der Waals surface area contributed by atoms with Gasteiger partial charge in [0.25, 0.3) is 5.91 Å². The van der Waals surface area contributed by atoms with Crippen molar-refractivity contribution in [1.29, 1.82) is 0 Å². The number of aromatic nitrogens is 3. The molecule has 3 aromatic rings. The van der Waals surface area contributed by atoms with Gasteiger partial charge in [-0.1, -0.05) is 6.07 Å². The van der Waals surface area contributed by atoms with E-state index in [4.69, 9.17) is 0 Å². The first-order valence-electron chi connectivity index (χ1n) is 8.74. The van der Waals surface area contributed by atoms with E-state index in [2.05, 4.69) is 9.55 Å². The molecule has 0 bridgehead atoms. The fourth-order valence-electron chi connectivity index (χ4n) is 3.63. The van der Waals surface area contributed by atoms with Crippen LogP contribution in [-0.4, -0.2) is 38.0 Å². The Morgan fingerprint density at radius 2 is 2.00 bits per heavy atom. The van der Waals surface area contributed by atoms with Gasteiger partial charge in [-0.15, -0.1) is 0 Å². The van der Waals surface area contributed by atoms with E-state index in [1.165, 1.54) is 0 Å². The van der Waals surface area contributed by atoms with E-state index in [9.17, 15) is 4.79 Å². The molecule has 3 heterocycles. The molecule has 2 aromatic heterocycles. The number of rotatable bonds is 3. The van der Waals surface area contributed by atoms with Crippen LogP contribution >= 0.6 is 0 Å². The first kappa shape index (κ1) is 15.7. The third-order valence-corrected chi connectivity index (χ3v) is 4.94. The number of benzene rings is 1. The minimum Gasteiger partial charge on any atom is -0.337 e. The van der Waals surface area contributed by atoms with Gasteiger partial charge in [-0.05, 0) is 50.1 Å². The zero-order valence-corrected chi connectivity index (χ0v) is 14.4. The topological polar surface area (TPSA) is 43.1 Å². The van der Waals surface area contributed by atoms with E-state index in [0.29, 0.717) is 6.04 Å². The number of carbonyl (C=O) groups excluding carboxylic acids is 1. The second kappa shape index (κ2) is 6.59. The predicted molar refractivity (Wildman–Crippen MR) is 96.9 cm³/mol. The monoisotopic (exact) mass is 334 g/mol. The number of imidazole rings is 1. The molecule has 1 amide bonds. The van der Waals surface area contributed by atoms with Gasteiger partial charge >= 0.3 is 0 Å². The number of hydrogen-bond acceptors (Lipinski definition) is 2. The van der Waals surface area contributed by atoms with Gasteiger partial charge in [0.15, 0.2) is 0 Å². The van der Waals surface area contributed by atoms with Crippen LogP contribution in [0.4, 0.5) is 0 Å². The number of nitrogens with zero attached hydrogens (tertiary/aromatic N) is 4. The summed E-state index contributed by atoms with van der Waals surface area (Å²) in [6.07, 6.45) is 9.93. The van der Waals surface area contributed by atoms with Crippen LogP contribution in [0, 0.1) is 6.92 Å². The quantitative estimate of drug-likeness (QED) is 0.736. The van der Waals surface area contributed by atoms with Crippen molar-refractivity contribution < 1.29 is 4.79 Å². The van der Waals surface area contributed by atoms with Gasteiger partial charge in [0, 0.05) is 49.1 Å². The molecule has 0 spiro atoms. The molecule has 1 fully saturated rings. The highest BCUT2D eigenvalue weighted by molar-refractivity contribution is 5.94. The van der Waals surface area contributed by atoms with Crippen molar-refractivity contribution in [3.8, 4) is 5.69 Å². The molecule has 25 heavy (non-hydrogen) atoms. The van der Waals surface area contributed by atoms with Gasteiger partial charge in [0.2, 0.25) is 0 Å². The third kappa shape index (κ3) is 3.09. The molecule has 0 N–H and O–H groups in total. The molecule has 1 aliphatic rings. The van der Waals surface area contributed by atoms with Crippen LogP contribution in [0.1, 0.15) is 35.1 Å². The summed E-state index contributed by atoms with van der Waals surface area (Å²) in [6.45, 7) is 3.57. The smallest absolute Gasteiger partial charge is 0.253 e. The Labute approximate surface area is 147 Å². The number of hydrogen-bond donors (Lipinski definition) is 0. The zero-order valence-electron chi connectivity index (χ0n) is 14.4. The van der Waals surface area contributed by atoms with Gasteiger partial charge < -0.3 is 14.0 Å². The molecular weight excluding hydrogens is 312 g/mol. The molecule has 0 saturated carbocycles. The number of likely N-dealkylation sites (tertiary alicyclic amines) is 1. The van der Waals surface area contributed by atoms with Crippen molar-refractivity contribution in [2.75, 3.05) is 13.1 Å². The third-order valence-electron chi connectivity index (χ3n) is 4.94. The lowest BCUT2D eigenvalue weighted by molar-refractivity contribution is 0.0678. The minimum absolute atomic E-state index is 0.108. The molecule has 128 valence electrons. The Bertz CT molecular complexity index is 865. The lowest BCUT2D eigenvalue weighted by Crippen LogP contribution is -2.40. The number of amides is 1. The number of piperidine rings is 1. The van der Waals surface area contributed by atoms with E-state index in [-0.39, 0.29) is 5.91 Å². The van der Waals surface area contributed by atoms with Crippen LogP contribution < -0.4 is 0 Å². The lowest BCUT2D eigenvalue weighted by atomic mass is 10.0. The van der Waals surface area contributed by atoms with Crippen molar-refractivity contribution in [2.24, 2.45) is 0 Å². The highest BCUT2D eigenvalue weighted by Crippen LogP contribution is 2.24. The van der Waals surface area contributed by atoms with Crippen molar-refractivity contribution in [2.45, 2.75) is 25.8 Å². The van der Waals surface area contributed by atoms with Crippen molar-refractivity contribution in [1.82, 2.24) is 19.0 Å². The maximum absolute atomic E-state index is 13.0. The standard InChI is InChI=1S/C20H22N4O/c1-16-21-9-13-24(16)19-8-5-12-23(15-19)20(25)17-6-4-7-18(14-17)22-10-2-3-11-22/h2-4,6-7,9-11,13-14,19H,5,8,12,15H2,1H3/t19-/m0/s1. The molecule has 5 nitrogen and oxygen atoms in total. The molecule has 1 saturated heterocycles. The molecule has 1 aliphatic heterocycles. The van der Waals surface area contributed by atoms with Crippen molar-refractivity contribution in [3.05, 3.63) is 72.6 Å².